The monoisotopic (exact) mass is 303 g/mol. The number of hydrogen-bond acceptors (Lipinski definition) is 4. The van der Waals surface area contributed by atoms with Gasteiger partial charge in [0.05, 0.1) is 34.9 Å². The summed E-state index contributed by atoms with van der Waals surface area (Å²) in [6.07, 6.45) is 0.772. The average molecular weight is 303 g/mol. The molecule has 0 aliphatic carbocycles. The Morgan fingerprint density at radius 3 is 2.45 bits per heavy atom. The van der Waals surface area contributed by atoms with Gasteiger partial charge in [-0.1, -0.05) is 0 Å². The first-order valence-corrected chi connectivity index (χ1v) is 7.89. The molecule has 0 radical (unpaired) electrons. The minimum absolute atomic E-state index is 0.0940. The highest BCUT2D eigenvalue weighted by Crippen LogP contribution is 2.27. The Kier molecular flexibility index (Phi) is 6.25. The van der Waals surface area contributed by atoms with Crippen LogP contribution in [-0.4, -0.2) is 49.8 Å². The maximum Gasteiger partial charge on any atom is 0.244 e. The zero-order valence-corrected chi connectivity index (χ0v) is 13.2. The lowest BCUT2D eigenvalue weighted by molar-refractivity contribution is -0.858. The minimum atomic E-state index is -3.60. The van der Waals surface area contributed by atoms with Crippen LogP contribution in [0.3, 0.4) is 0 Å². The van der Waals surface area contributed by atoms with E-state index < -0.39 is 10.0 Å². The Labute approximate surface area is 120 Å². The van der Waals surface area contributed by atoms with Gasteiger partial charge in [-0.3, -0.25) is 0 Å². The van der Waals surface area contributed by atoms with E-state index in [1.165, 1.54) is 25.2 Å². The van der Waals surface area contributed by atoms with Crippen LogP contribution in [0.5, 0.6) is 11.5 Å². The fraction of sp³-hybridized carbons (Fsp3) is 0.538. The van der Waals surface area contributed by atoms with E-state index in [-0.39, 0.29) is 4.90 Å². The number of quaternary nitrogens is 1. The zero-order valence-electron chi connectivity index (χ0n) is 12.4. The number of nitrogens with one attached hydrogen (secondary N) is 2. The van der Waals surface area contributed by atoms with Crippen molar-refractivity contribution in [3.63, 3.8) is 0 Å². The van der Waals surface area contributed by atoms with Gasteiger partial charge in [0.15, 0.2) is 0 Å². The molecule has 0 spiro atoms. The first-order chi connectivity index (χ1) is 9.40. The maximum absolute atomic E-state index is 12.3. The lowest BCUT2D eigenvalue weighted by atomic mass is 10.3. The lowest BCUT2D eigenvalue weighted by Crippen LogP contribution is -3.05. The van der Waals surface area contributed by atoms with E-state index in [1.54, 1.807) is 12.1 Å². The van der Waals surface area contributed by atoms with Gasteiger partial charge in [-0.25, -0.2) is 13.1 Å². The summed E-state index contributed by atoms with van der Waals surface area (Å²) in [5.41, 5.74) is 0. The highest BCUT2D eigenvalue weighted by atomic mass is 32.2. The Balaban J connectivity index is 2.85. The van der Waals surface area contributed by atoms with E-state index in [9.17, 15) is 8.42 Å². The fourth-order valence-electron chi connectivity index (χ4n) is 1.72. The van der Waals surface area contributed by atoms with Crippen LogP contribution in [0.2, 0.25) is 0 Å². The molecule has 0 saturated carbocycles. The molecule has 6 nitrogen and oxygen atoms in total. The zero-order chi connectivity index (χ0) is 15.2. The van der Waals surface area contributed by atoms with Gasteiger partial charge in [-0.15, -0.1) is 0 Å². The molecule has 0 heterocycles. The summed E-state index contributed by atoms with van der Waals surface area (Å²) in [6.45, 7) is 1.30. The molecular weight excluding hydrogens is 280 g/mol. The van der Waals surface area contributed by atoms with Crippen molar-refractivity contribution in [2.75, 3.05) is 41.4 Å². The lowest BCUT2D eigenvalue weighted by Gasteiger charge is -2.12. The molecule has 0 amide bonds. The van der Waals surface area contributed by atoms with Gasteiger partial charge >= 0.3 is 0 Å². The molecule has 0 fully saturated rings. The van der Waals surface area contributed by atoms with E-state index in [4.69, 9.17) is 9.47 Å². The molecule has 0 aromatic heterocycles. The smallest absolute Gasteiger partial charge is 0.244 e. The van der Waals surface area contributed by atoms with Crippen LogP contribution in [0.1, 0.15) is 6.42 Å². The molecule has 1 rings (SSSR count). The van der Waals surface area contributed by atoms with E-state index in [0.717, 1.165) is 13.0 Å². The second-order valence-corrected chi connectivity index (χ2v) is 6.46. The van der Waals surface area contributed by atoms with Gasteiger partial charge in [0.2, 0.25) is 10.0 Å². The summed E-state index contributed by atoms with van der Waals surface area (Å²) in [4.78, 5) is 1.37. The molecule has 20 heavy (non-hydrogen) atoms. The van der Waals surface area contributed by atoms with Crippen molar-refractivity contribution >= 4 is 10.0 Å². The fourth-order valence-corrected chi connectivity index (χ4v) is 2.98. The number of hydrogen-bond donors (Lipinski definition) is 2. The van der Waals surface area contributed by atoms with Gasteiger partial charge < -0.3 is 14.4 Å². The van der Waals surface area contributed by atoms with Crippen molar-refractivity contribution in [2.24, 2.45) is 0 Å². The van der Waals surface area contributed by atoms with Crippen LogP contribution in [0.4, 0.5) is 0 Å². The molecule has 0 saturated heterocycles. The molecule has 0 atom stereocenters. The summed E-state index contributed by atoms with van der Waals surface area (Å²) in [6, 6.07) is 4.70. The standard InChI is InChI=1S/C13H22N2O4S/c1-15(2)9-5-8-14-20(16,17)13-10-11(18-3)6-7-12(13)19-4/h6-7,10,14H,5,8-9H2,1-4H3/p+1. The summed E-state index contributed by atoms with van der Waals surface area (Å²) in [5, 5.41) is 0. The second kappa shape index (κ2) is 7.47. The van der Waals surface area contributed by atoms with E-state index in [0.29, 0.717) is 18.0 Å². The first-order valence-electron chi connectivity index (χ1n) is 6.41. The second-order valence-electron chi connectivity index (χ2n) is 4.73. The predicted octanol–water partition coefficient (Wildman–Crippen LogP) is -0.483. The molecule has 7 heteroatoms. The van der Waals surface area contributed by atoms with Crippen LogP contribution in [0, 0.1) is 0 Å². The molecule has 1 aromatic rings. The number of sulfonamides is 1. The average Bonchev–Trinajstić information content (AvgIpc) is 2.42. The normalized spacial score (nSPS) is 11.7. The number of rotatable bonds is 8. The first kappa shape index (κ1) is 16.7. The van der Waals surface area contributed by atoms with Crippen LogP contribution in [0.25, 0.3) is 0 Å². The topological polar surface area (TPSA) is 69.1 Å². The van der Waals surface area contributed by atoms with Crippen molar-refractivity contribution in [1.82, 2.24) is 4.72 Å². The van der Waals surface area contributed by atoms with Gasteiger partial charge in [0, 0.05) is 19.0 Å². The van der Waals surface area contributed by atoms with E-state index in [2.05, 4.69) is 4.72 Å². The van der Waals surface area contributed by atoms with Gasteiger partial charge in [-0.2, -0.15) is 0 Å². The van der Waals surface area contributed by atoms with Crippen molar-refractivity contribution < 1.29 is 22.8 Å². The molecule has 2 N–H and O–H groups in total. The Morgan fingerprint density at radius 1 is 1.20 bits per heavy atom. The van der Waals surface area contributed by atoms with Crippen molar-refractivity contribution in [3.8, 4) is 11.5 Å². The molecule has 0 unspecified atom stereocenters. The minimum Gasteiger partial charge on any atom is -0.497 e. The molecule has 0 aliphatic rings. The van der Waals surface area contributed by atoms with E-state index in [1.807, 2.05) is 14.1 Å². The van der Waals surface area contributed by atoms with Crippen LogP contribution in [-0.2, 0) is 10.0 Å². The quantitative estimate of drug-likeness (QED) is 0.636. The van der Waals surface area contributed by atoms with Crippen molar-refractivity contribution in [2.45, 2.75) is 11.3 Å². The Morgan fingerprint density at radius 2 is 1.90 bits per heavy atom. The Bertz CT molecular complexity index is 529. The summed E-state index contributed by atoms with van der Waals surface area (Å²) in [7, 11) is 3.39. The SMILES string of the molecule is COc1ccc(OC)c(S(=O)(=O)NCCC[NH+](C)C)c1. The third kappa shape index (κ3) is 4.66. The highest BCUT2D eigenvalue weighted by molar-refractivity contribution is 7.89. The van der Waals surface area contributed by atoms with Gasteiger partial charge in [0.25, 0.3) is 0 Å². The van der Waals surface area contributed by atoms with Crippen molar-refractivity contribution in [3.05, 3.63) is 18.2 Å². The molecule has 0 aliphatic heterocycles. The molecule has 1 aromatic carbocycles. The largest absolute Gasteiger partial charge is 0.497 e. The summed E-state index contributed by atoms with van der Waals surface area (Å²) in [5.74, 6) is 0.778. The Hall–Kier alpha value is -1.31. The predicted molar refractivity (Wildman–Crippen MR) is 77.0 cm³/mol. The molecule has 0 bridgehead atoms. The van der Waals surface area contributed by atoms with Gasteiger partial charge in [0.1, 0.15) is 16.4 Å². The number of ether oxygens (including phenoxy) is 2. The maximum atomic E-state index is 12.3. The number of benzene rings is 1. The van der Waals surface area contributed by atoms with E-state index >= 15 is 0 Å². The molecule has 114 valence electrons. The highest BCUT2D eigenvalue weighted by Gasteiger charge is 2.20. The third-order valence-corrected chi connectivity index (χ3v) is 4.29. The van der Waals surface area contributed by atoms with Gasteiger partial charge in [-0.05, 0) is 12.1 Å². The molecular formula is C13H23N2O4S+. The summed E-state index contributed by atoms with van der Waals surface area (Å²) >= 11 is 0. The van der Waals surface area contributed by atoms with Crippen LogP contribution < -0.4 is 19.1 Å². The van der Waals surface area contributed by atoms with Crippen LogP contribution in [0.15, 0.2) is 23.1 Å². The van der Waals surface area contributed by atoms with Crippen LogP contribution >= 0.6 is 0 Å². The number of methoxy groups -OCH3 is 2. The summed E-state index contributed by atoms with van der Waals surface area (Å²) < 4.78 is 37.3. The third-order valence-electron chi connectivity index (χ3n) is 2.81. The van der Waals surface area contributed by atoms with Crippen molar-refractivity contribution in [1.29, 1.82) is 0 Å².